The fraction of sp³-hybridized carbons (Fsp3) is 0.294. The number of aromatic nitrogens is 1. The van der Waals surface area contributed by atoms with Gasteiger partial charge in [-0.3, -0.25) is 9.88 Å². The van der Waals surface area contributed by atoms with Crippen LogP contribution in [0.25, 0.3) is 11.1 Å². The predicted octanol–water partition coefficient (Wildman–Crippen LogP) is 1.29. The minimum absolute atomic E-state index is 0.219. The molecule has 3 N–H and O–H groups in total. The molecular weight excluding hydrogens is 310 g/mol. The van der Waals surface area contributed by atoms with E-state index in [1.807, 2.05) is 30.3 Å². The van der Waals surface area contributed by atoms with Crippen molar-refractivity contribution < 1.29 is 19.4 Å². The number of ether oxygens (including phenoxy) is 2. The Balaban J connectivity index is 1.68. The van der Waals surface area contributed by atoms with Gasteiger partial charge in [-0.15, -0.1) is 0 Å². The first-order valence-electron chi connectivity index (χ1n) is 7.74. The van der Waals surface area contributed by atoms with Crippen molar-refractivity contribution in [2.75, 3.05) is 18.1 Å². The Labute approximate surface area is 138 Å². The first kappa shape index (κ1) is 14.9. The van der Waals surface area contributed by atoms with Crippen molar-refractivity contribution in [2.45, 2.75) is 18.7 Å². The Hall–Kier alpha value is -2.64. The smallest absolute Gasteiger partial charge is 0.415 e. The van der Waals surface area contributed by atoms with Gasteiger partial charge in [0.1, 0.15) is 18.4 Å². The maximum absolute atomic E-state index is 12.1. The van der Waals surface area contributed by atoms with Gasteiger partial charge in [0.05, 0.1) is 18.0 Å². The molecule has 1 saturated heterocycles. The van der Waals surface area contributed by atoms with Crippen LogP contribution in [0.3, 0.4) is 0 Å². The molecule has 0 saturated carbocycles. The highest BCUT2D eigenvalue weighted by Gasteiger charge is 2.46. The molecule has 2 atom stereocenters. The molecule has 0 radical (unpaired) electrons. The topological polar surface area (TPSA) is 97.9 Å². The summed E-state index contributed by atoms with van der Waals surface area (Å²) >= 11 is 0. The molecule has 1 aromatic carbocycles. The Bertz CT molecular complexity index is 778. The van der Waals surface area contributed by atoms with Crippen molar-refractivity contribution in [2.24, 2.45) is 5.73 Å². The molecular formula is C17H17N3O4. The molecule has 7 nitrogen and oxygen atoms in total. The number of rotatable bonds is 3. The van der Waals surface area contributed by atoms with E-state index >= 15 is 0 Å². The summed E-state index contributed by atoms with van der Waals surface area (Å²) in [6.45, 7) is 0.471. The second-order valence-corrected chi connectivity index (χ2v) is 5.78. The number of cyclic esters (lactones) is 1. The lowest BCUT2D eigenvalue weighted by Gasteiger charge is -2.31. The molecule has 1 aromatic heterocycles. The number of hydrogen-bond acceptors (Lipinski definition) is 6. The third-order valence-electron chi connectivity index (χ3n) is 4.39. The third-order valence-corrected chi connectivity index (χ3v) is 4.39. The quantitative estimate of drug-likeness (QED) is 0.881. The van der Waals surface area contributed by atoms with Gasteiger partial charge in [-0.05, 0) is 23.8 Å². The number of fused-ring (bicyclic) bond motifs is 3. The fourth-order valence-corrected chi connectivity index (χ4v) is 3.08. The first-order chi connectivity index (χ1) is 11.7. The minimum atomic E-state index is -0.557. The summed E-state index contributed by atoms with van der Waals surface area (Å²) < 4.78 is 11.0. The number of hydrogen-bond donors (Lipinski definition) is 2. The molecule has 2 aliphatic heterocycles. The van der Waals surface area contributed by atoms with Crippen LogP contribution in [0.15, 0.2) is 36.5 Å². The summed E-state index contributed by atoms with van der Waals surface area (Å²) in [5, 5.41) is 9.33. The van der Waals surface area contributed by atoms with Crippen LogP contribution in [0.2, 0.25) is 0 Å². The first-order valence-corrected chi connectivity index (χ1v) is 7.74. The summed E-state index contributed by atoms with van der Waals surface area (Å²) in [7, 11) is 0. The number of nitrogens with zero attached hydrogens (tertiary/aromatic N) is 2. The molecule has 0 unspecified atom stereocenters. The summed E-state index contributed by atoms with van der Waals surface area (Å²) in [5.74, 6) is 0.613. The fourth-order valence-electron chi connectivity index (χ4n) is 3.08. The van der Waals surface area contributed by atoms with Gasteiger partial charge in [0.15, 0.2) is 6.10 Å². The maximum atomic E-state index is 12.1. The summed E-state index contributed by atoms with van der Waals surface area (Å²) in [6.07, 6.45) is 0.755. The lowest BCUT2D eigenvalue weighted by Crippen LogP contribution is -2.45. The largest absolute Gasteiger partial charge is 0.489 e. The van der Waals surface area contributed by atoms with Crippen molar-refractivity contribution in [3.8, 4) is 16.9 Å². The van der Waals surface area contributed by atoms with E-state index in [0.29, 0.717) is 18.0 Å². The van der Waals surface area contributed by atoms with Crippen molar-refractivity contribution in [3.05, 3.63) is 42.2 Å². The van der Waals surface area contributed by atoms with Crippen molar-refractivity contribution in [1.29, 1.82) is 0 Å². The third kappa shape index (κ3) is 2.29. The van der Waals surface area contributed by atoms with Crippen molar-refractivity contribution in [3.63, 3.8) is 0 Å². The zero-order valence-electron chi connectivity index (χ0n) is 12.9. The van der Waals surface area contributed by atoms with Crippen LogP contribution >= 0.6 is 0 Å². The molecule has 1 amide bonds. The molecule has 1 fully saturated rings. The number of benzene rings is 1. The number of pyridine rings is 1. The van der Waals surface area contributed by atoms with Gasteiger partial charge in [-0.25, -0.2) is 4.79 Å². The maximum Gasteiger partial charge on any atom is 0.415 e. The second kappa shape index (κ2) is 5.77. The van der Waals surface area contributed by atoms with Crippen LogP contribution in [-0.2, 0) is 11.3 Å². The number of amides is 1. The molecule has 124 valence electrons. The highest BCUT2D eigenvalue weighted by atomic mass is 16.6. The molecule has 7 heteroatoms. The van der Waals surface area contributed by atoms with Crippen LogP contribution in [0.4, 0.5) is 10.5 Å². The number of carbonyl (C=O) groups excluding carboxylic acids is 1. The van der Waals surface area contributed by atoms with Crippen LogP contribution in [0, 0.1) is 0 Å². The van der Waals surface area contributed by atoms with E-state index in [2.05, 4.69) is 4.98 Å². The predicted molar refractivity (Wildman–Crippen MR) is 86.7 cm³/mol. The molecule has 24 heavy (non-hydrogen) atoms. The molecule has 0 bridgehead atoms. The Morgan fingerprint density at radius 1 is 1.29 bits per heavy atom. The summed E-state index contributed by atoms with van der Waals surface area (Å²) in [4.78, 5) is 17.9. The van der Waals surface area contributed by atoms with Crippen molar-refractivity contribution in [1.82, 2.24) is 4.98 Å². The molecule has 2 aromatic rings. The summed E-state index contributed by atoms with van der Waals surface area (Å²) in [6, 6.07) is 9.15. The number of nitrogens with two attached hydrogens (primary N) is 1. The van der Waals surface area contributed by atoms with Gasteiger partial charge in [-0.2, -0.15) is 0 Å². The normalized spacial score (nSPS) is 21.8. The van der Waals surface area contributed by atoms with E-state index < -0.39 is 12.2 Å². The number of aliphatic hydroxyl groups is 1. The number of anilines is 1. The highest BCUT2D eigenvalue weighted by molar-refractivity contribution is 5.94. The zero-order chi connectivity index (χ0) is 16.7. The van der Waals surface area contributed by atoms with Gasteiger partial charge >= 0.3 is 6.09 Å². The second-order valence-electron chi connectivity index (χ2n) is 5.78. The number of aliphatic hydroxyl groups excluding tert-OH is 1. The molecule has 2 aliphatic rings. The lowest BCUT2D eigenvalue weighted by atomic mass is 10.0. The molecule has 0 spiro atoms. The van der Waals surface area contributed by atoms with E-state index in [-0.39, 0.29) is 19.3 Å². The van der Waals surface area contributed by atoms with Gasteiger partial charge in [-0.1, -0.05) is 12.1 Å². The van der Waals surface area contributed by atoms with Gasteiger partial charge < -0.3 is 20.3 Å². The van der Waals surface area contributed by atoms with E-state index in [1.165, 1.54) is 0 Å². The van der Waals surface area contributed by atoms with Gasteiger partial charge in [0, 0.05) is 18.3 Å². The van der Waals surface area contributed by atoms with Crippen LogP contribution in [0.5, 0.6) is 5.75 Å². The lowest BCUT2D eigenvalue weighted by molar-refractivity contribution is 0.0734. The van der Waals surface area contributed by atoms with E-state index in [9.17, 15) is 9.90 Å². The van der Waals surface area contributed by atoms with Crippen molar-refractivity contribution >= 4 is 11.8 Å². The minimum Gasteiger partial charge on any atom is -0.489 e. The SMILES string of the molecule is NCc1ccc(-c2ccc3c(c2)OC[C@H]2[C@H](CO)OC(=O)N32)cn1. The average molecular weight is 327 g/mol. The molecule has 3 heterocycles. The summed E-state index contributed by atoms with van der Waals surface area (Å²) in [5.41, 5.74) is 8.93. The van der Waals surface area contributed by atoms with Crippen LogP contribution in [0.1, 0.15) is 5.69 Å². The molecule has 4 rings (SSSR count). The zero-order valence-corrected chi connectivity index (χ0v) is 12.9. The Kier molecular flexibility index (Phi) is 3.59. The number of carbonyl (C=O) groups is 1. The van der Waals surface area contributed by atoms with Crippen LogP contribution < -0.4 is 15.4 Å². The Morgan fingerprint density at radius 3 is 2.83 bits per heavy atom. The average Bonchev–Trinajstić information content (AvgIpc) is 2.97. The highest BCUT2D eigenvalue weighted by Crippen LogP contribution is 2.40. The van der Waals surface area contributed by atoms with Crippen LogP contribution in [-0.4, -0.2) is 41.5 Å². The van der Waals surface area contributed by atoms with Gasteiger partial charge in [0.25, 0.3) is 0 Å². The molecule has 0 aliphatic carbocycles. The monoisotopic (exact) mass is 327 g/mol. The standard InChI is InChI=1S/C17H17N3O4/c18-6-12-3-1-11(7-19-12)10-2-4-13-15(5-10)23-9-14-16(8-21)24-17(22)20(13)14/h1-5,7,14,16,21H,6,8-9,18H2/t14-,16-/m0/s1. The van der Waals surface area contributed by atoms with E-state index in [0.717, 1.165) is 16.8 Å². The Morgan fingerprint density at radius 2 is 2.12 bits per heavy atom. The van der Waals surface area contributed by atoms with E-state index in [4.69, 9.17) is 15.2 Å². The van der Waals surface area contributed by atoms with E-state index in [1.54, 1.807) is 11.1 Å². The van der Waals surface area contributed by atoms with Gasteiger partial charge in [0.2, 0.25) is 0 Å².